The molecule has 0 saturated carbocycles. The highest BCUT2D eigenvalue weighted by atomic mass is 16.5. The summed E-state index contributed by atoms with van der Waals surface area (Å²) in [4.78, 5) is 0. The number of rotatable bonds is 6. The molecular weight excluding hydrogens is 292 g/mol. The molecule has 0 aliphatic carbocycles. The number of hydrogen-bond donors (Lipinski definition) is 1. The zero-order valence-electron chi connectivity index (χ0n) is 13.3. The SMILES string of the molecule is COc1cc(C(C#N)=CNc2ccccc2)cc(OC)c1OC. The zero-order valence-corrected chi connectivity index (χ0v) is 13.3. The van der Waals surface area contributed by atoms with Crippen LogP contribution in [0.3, 0.4) is 0 Å². The van der Waals surface area contributed by atoms with Crippen LogP contribution in [0.15, 0.2) is 48.7 Å². The van der Waals surface area contributed by atoms with Gasteiger partial charge in [-0.25, -0.2) is 0 Å². The van der Waals surface area contributed by atoms with E-state index in [1.54, 1.807) is 32.6 Å². The average molecular weight is 310 g/mol. The van der Waals surface area contributed by atoms with E-state index in [4.69, 9.17) is 14.2 Å². The number of hydrogen-bond acceptors (Lipinski definition) is 5. The van der Waals surface area contributed by atoms with Gasteiger partial charge in [-0.15, -0.1) is 0 Å². The summed E-state index contributed by atoms with van der Waals surface area (Å²) in [6.07, 6.45) is 1.65. The van der Waals surface area contributed by atoms with E-state index < -0.39 is 0 Å². The van der Waals surface area contributed by atoms with Crippen LogP contribution in [0.25, 0.3) is 5.57 Å². The van der Waals surface area contributed by atoms with Gasteiger partial charge in [-0.1, -0.05) is 18.2 Å². The Morgan fingerprint density at radius 1 is 1.00 bits per heavy atom. The number of nitrogens with one attached hydrogen (secondary N) is 1. The van der Waals surface area contributed by atoms with Crippen molar-refractivity contribution in [3.8, 4) is 23.3 Å². The predicted molar refractivity (Wildman–Crippen MR) is 89.8 cm³/mol. The van der Waals surface area contributed by atoms with E-state index in [2.05, 4.69) is 11.4 Å². The maximum absolute atomic E-state index is 9.44. The molecule has 2 aromatic carbocycles. The summed E-state index contributed by atoms with van der Waals surface area (Å²) in [6.45, 7) is 0. The van der Waals surface area contributed by atoms with Gasteiger partial charge in [-0.3, -0.25) is 0 Å². The third-order valence-electron chi connectivity index (χ3n) is 3.25. The lowest BCUT2D eigenvalue weighted by atomic mass is 10.1. The molecule has 0 aromatic heterocycles. The Bertz CT molecular complexity index is 709. The Morgan fingerprint density at radius 2 is 1.61 bits per heavy atom. The van der Waals surface area contributed by atoms with E-state index in [1.165, 1.54) is 7.11 Å². The number of benzene rings is 2. The van der Waals surface area contributed by atoms with Gasteiger partial charge in [0.2, 0.25) is 5.75 Å². The number of methoxy groups -OCH3 is 3. The molecule has 0 unspecified atom stereocenters. The second-order valence-electron chi connectivity index (χ2n) is 4.59. The molecule has 118 valence electrons. The van der Waals surface area contributed by atoms with Crippen molar-refractivity contribution in [3.05, 3.63) is 54.2 Å². The molecule has 0 bridgehead atoms. The summed E-state index contributed by atoms with van der Waals surface area (Å²) >= 11 is 0. The molecular formula is C18H18N2O3. The van der Waals surface area contributed by atoms with Crippen molar-refractivity contribution in [2.24, 2.45) is 0 Å². The van der Waals surface area contributed by atoms with Crippen molar-refractivity contribution in [3.63, 3.8) is 0 Å². The smallest absolute Gasteiger partial charge is 0.203 e. The lowest BCUT2D eigenvalue weighted by Crippen LogP contribution is -1.97. The Balaban J connectivity index is 2.40. The largest absolute Gasteiger partial charge is 0.493 e. The monoisotopic (exact) mass is 310 g/mol. The fraction of sp³-hybridized carbons (Fsp3) is 0.167. The molecule has 5 nitrogen and oxygen atoms in total. The summed E-state index contributed by atoms with van der Waals surface area (Å²) < 4.78 is 15.9. The van der Waals surface area contributed by atoms with Gasteiger partial charge in [0.15, 0.2) is 11.5 Å². The topological polar surface area (TPSA) is 63.5 Å². The normalized spacial score (nSPS) is 10.6. The molecule has 23 heavy (non-hydrogen) atoms. The first kappa shape index (κ1) is 16.2. The van der Waals surface area contributed by atoms with Crippen LogP contribution in [0, 0.1) is 11.3 Å². The quantitative estimate of drug-likeness (QED) is 0.824. The molecule has 0 saturated heterocycles. The molecule has 0 spiro atoms. The number of nitriles is 1. The Kier molecular flexibility index (Phi) is 5.48. The fourth-order valence-corrected chi connectivity index (χ4v) is 2.11. The van der Waals surface area contributed by atoms with Gasteiger partial charge in [0, 0.05) is 17.5 Å². The third-order valence-corrected chi connectivity index (χ3v) is 3.25. The van der Waals surface area contributed by atoms with E-state index in [0.717, 1.165) is 5.69 Å². The van der Waals surface area contributed by atoms with E-state index in [9.17, 15) is 5.26 Å². The number of para-hydroxylation sites is 1. The van der Waals surface area contributed by atoms with Crippen LogP contribution in [-0.2, 0) is 0 Å². The van der Waals surface area contributed by atoms with Gasteiger partial charge >= 0.3 is 0 Å². The Morgan fingerprint density at radius 3 is 2.09 bits per heavy atom. The van der Waals surface area contributed by atoms with Crippen LogP contribution >= 0.6 is 0 Å². The van der Waals surface area contributed by atoms with Crippen LogP contribution in [-0.4, -0.2) is 21.3 Å². The summed E-state index contributed by atoms with van der Waals surface area (Å²) in [6, 6.07) is 15.3. The van der Waals surface area contributed by atoms with Crippen LogP contribution in [0.2, 0.25) is 0 Å². The first-order valence-electron chi connectivity index (χ1n) is 6.95. The second kappa shape index (κ2) is 7.76. The molecule has 0 radical (unpaired) electrons. The Labute approximate surface area is 135 Å². The van der Waals surface area contributed by atoms with Crippen LogP contribution in [0.5, 0.6) is 17.2 Å². The van der Waals surface area contributed by atoms with Gasteiger partial charge in [0.05, 0.1) is 26.9 Å². The Hall–Kier alpha value is -3.13. The molecule has 0 aliphatic rings. The summed E-state index contributed by atoms with van der Waals surface area (Å²) in [5, 5.41) is 12.5. The highest BCUT2D eigenvalue weighted by Gasteiger charge is 2.15. The van der Waals surface area contributed by atoms with Gasteiger partial charge in [0.25, 0.3) is 0 Å². The van der Waals surface area contributed by atoms with E-state index in [-0.39, 0.29) is 0 Å². The summed E-state index contributed by atoms with van der Waals surface area (Å²) in [5.41, 5.74) is 2.02. The van der Waals surface area contributed by atoms with Crippen molar-refractivity contribution < 1.29 is 14.2 Å². The highest BCUT2D eigenvalue weighted by molar-refractivity contribution is 5.80. The van der Waals surface area contributed by atoms with Crippen molar-refractivity contribution in [1.82, 2.24) is 0 Å². The van der Waals surface area contributed by atoms with Crippen LogP contribution in [0.1, 0.15) is 5.56 Å². The first-order valence-corrected chi connectivity index (χ1v) is 6.95. The lowest BCUT2D eigenvalue weighted by Gasteiger charge is -2.14. The number of nitrogens with zero attached hydrogens (tertiary/aromatic N) is 1. The molecule has 0 aliphatic heterocycles. The number of ether oxygens (including phenoxy) is 3. The maximum atomic E-state index is 9.44. The van der Waals surface area contributed by atoms with Crippen molar-refractivity contribution in [1.29, 1.82) is 5.26 Å². The molecule has 5 heteroatoms. The van der Waals surface area contributed by atoms with Crippen molar-refractivity contribution in [2.45, 2.75) is 0 Å². The molecule has 2 aromatic rings. The number of anilines is 1. The standard InChI is InChI=1S/C18H18N2O3/c1-21-16-9-13(10-17(22-2)18(16)23-3)14(11-19)12-20-15-7-5-4-6-8-15/h4-10,12,20H,1-3H3. The minimum atomic E-state index is 0.452. The van der Waals surface area contributed by atoms with E-state index in [1.807, 2.05) is 30.3 Å². The maximum Gasteiger partial charge on any atom is 0.203 e. The minimum absolute atomic E-state index is 0.452. The lowest BCUT2D eigenvalue weighted by molar-refractivity contribution is 0.324. The van der Waals surface area contributed by atoms with Gasteiger partial charge < -0.3 is 19.5 Å². The summed E-state index contributed by atoms with van der Waals surface area (Å²) in [5.74, 6) is 1.50. The fourth-order valence-electron chi connectivity index (χ4n) is 2.11. The van der Waals surface area contributed by atoms with Gasteiger partial charge in [0.1, 0.15) is 6.07 Å². The molecule has 0 atom stereocenters. The molecule has 0 amide bonds. The molecule has 1 N–H and O–H groups in total. The van der Waals surface area contributed by atoms with E-state index >= 15 is 0 Å². The average Bonchev–Trinajstić information content (AvgIpc) is 2.62. The van der Waals surface area contributed by atoms with Crippen molar-refractivity contribution >= 4 is 11.3 Å². The predicted octanol–water partition coefficient (Wildman–Crippen LogP) is 3.69. The third kappa shape index (κ3) is 3.74. The molecule has 0 heterocycles. The van der Waals surface area contributed by atoms with Crippen LogP contribution < -0.4 is 19.5 Å². The molecule has 0 fully saturated rings. The number of allylic oxidation sites excluding steroid dienone is 1. The van der Waals surface area contributed by atoms with Crippen LogP contribution in [0.4, 0.5) is 5.69 Å². The van der Waals surface area contributed by atoms with Gasteiger partial charge in [-0.2, -0.15) is 5.26 Å². The zero-order chi connectivity index (χ0) is 16.7. The second-order valence-corrected chi connectivity index (χ2v) is 4.59. The summed E-state index contributed by atoms with van der Waals surface area (Å²) in [7, 11) is 4.62. The van der Waals surface area contributed by atoms with Crippen molar-refractivity contribution in [2.75, 3.05) is 26.6 Å². The van der Waals surface area contributed by atoms with Gasteiger partial charge in [-0.05, 0) is 24.3 Å². The first-order chi connectivity index (χ1) is 11.2. The van der Waals surface area contributed by atoms with E-state index in [0.29, 0.717) is 28.4 Å². The minimum Gasteiger partial charge on any atom is -0.493 e. The molecule has 2 rings (SSSR count). The highest BCUT2D eigenvalue weighted by Crippen LogP contribution is 2.39.